The maximum atomic E-state index is 7.31. The average molecular weight is 143 g/mol. The molecule has 0 fully saturated rings. The van der Waals surface area contributed by atoms with Gasteiger partial charge in [0.05, 0.1) is 0 Å². The quantitative estimate of drug-likeness (QED) is 0.298. The summed E-state index contributed by atoms with van der Waals surface area (Å²) in [5, 5.41) is 0. The van der Waals surface area contributed by atoms with Gasteiger partial charge in [-0.15, -0.1) is 0 Å². The van der Waals surface area contributed by atoms with Crippen molar-refractivity contribution in [2.45, 2.75) is 0 Å². The predicted octanol–water partition coefficient (Wildman–Crippen LogP) is -1.89. The molecule has 5 heteroatoms. The van der Waals surface area contributed by atoms with Gasteiger partial charge in [-0.2, -0.15) is 0 Å². The topological polar surface area (TPSA) is 95.7 Å². The van der Waals surface area contributed by atoms with E-state index in [0.29, 0.717) is 0 Å². The van der Waals surface area contributed by atoms with Crippen molar-refractivity contribution in [3.05, 3.63) is 0 Å². The Balaban J connectivity index is 0. The normalized spacial score (nSPS) is 7.20. The molecule has 0 rings (SSSR count). The van der Waals surface area contributed by atoms with E-state index in [4.69, 9.17) is 12.3 Å². The molecule has 0 spiro atoms. The summed E-state index contributed by atoms with van der Waals surface area (Å²) in [7, 11) is 0. The van der Waals surface area contributed by atoms with Crippen LogP contribution < -0.4 is 6.15 Å². The Bertz CT molecular complexity index is 11.6. The van der Waals surface area contributed by atoms with Gasteiger partial charge in [0, 0.05) is 0 Å². The molecule has 0 aromatic rings. The van der Waals surface area contributed by atoms with E-state index < -0.39 is 15.7 Å². The first kappa shape index (κ1) is 9.04. The molecule has 6 N–H and O–H groups in total. The van der Waals surface area contributed by atoms with Gasteiger partial charge in [0.1, 0.15) is 0 Å². The second kappa shape index (κ2) is 4.40. The van der Waals surface area contributed by atoms with E-state index in [0.717, 1.165) is 0 Å². The second-order valence-corrected chi connectivity index (χ2v) is 1.39. The molecule has 34 valence electrons. The van der Waals surface area contributed by atoms with Crippen LogP contribution in [-0.2, 0) is 0 Å². The fraction of sp³-hybridized carbons (Fsp3) is 0. The monoisotopic (exact) mass is 143 g/mol. The van der Waals surface area contributed by atoms with Crippen LogP contribution in [0.2, 0.25) is 0 Å². The molecule has 0 saturated carbocycles. The molecule has 0 aliphatic rings. The molecule has 0 aliphatic heterocycles. The molecule has 0 aromatic heterocycles. The number of hydrogen-bond donors (Lipinski definition) is 4. The molecule has 0 radical (unpaired) electrons. The van der Waals surface area contributed by atoms with E-state index in [9.17, 15) is 0 Å². The van der Waals surface area contributed by atoms with Crippen LogP contribution in [0, 0.1) is 0 Å². The third-order valence-corrected chi connectivity index (χ3v) is 0. The Morgan fingerprint density at radius 2 is 1.00 bits per heavy atom. The van der Waals surface area contributed by atoms with Gasteiger partial charge in [0.15, 0.2) is 0 Å². The SMILES string of the molecule is N.O[As](O)O. The summed E-state index contributed by atoms with van der Waals surface area (Å²) in [6.07, 6.45) is 0. The van der Waals surface area contributed by atoms with Crippen LogP contribution in [0.3, 0.4) is 0 Å². The van der Waals surface area contributed by atoms with Crippen molar-refractivity contribution >= 4 is 15.7 Å². The summed E-state index contributed by atoms with van der Waals surface area (Å²) < 4.78 is 21.9. The third kappa shape index (κ3) is 159. The van der Waals surface area contributed by atoms with E-state index in [1.807, 2.05) is 0 Å². The van der Waals surface area contributed by atoms with E-state index in [1.54, 1.807) is 0 Å². The number of hydrogen-bond acceptors (Lipinski definition) is 4. The first-order valence-electron chi connectivity index (χ1n) is 0.600. The van der Waals surface area contributed by atoms with E-state index >= 15 is 0 Å². The third-order valence-electron chi connectivity index (χ3n) is 0. The molecule has 0 unspecified atom stereocenters. The zero-order valence-electron chi connectivity index (χ0n) is 2.50. The molecule has 0 heterocycles. The van der Waals surface area contributed by atoms with Gasteiger partial charge in [0.2, 0.25) is 0 Å². The second-order valence-electron chi connectivity index (χ2n) is 0.268. The van der Waals surface area contributed by atoms with Crippen molar-refractivity contribution in [1.29, 1.82) is 0 Å². The fourth-order valence-electron chi connectivity index (χ4n) is 0. The Morgan fingerprint density at radius 1 is 1.00 bits per heavy atom. The molecule has 5 heavy (non-hydrogen) atoms. The van der Waals surface area contributed by atoms with Crippen molar-refractivity contribution < 1.29 is 12.3 Å². The van der Waals surface area contributed by atoms with Crippen molar-refractivity contribution in [3.8, 4) is 0 Å². The van der Waals surface area contributed by atoms with Crippen LogP contribution in [0.4, 0.5) is 0 Å². The van der Waals surface area contributed by atoms with Gasteiger partial charge in [-0.1, -0.05) is 0 Å². The van der Waals surface area contributed by atoms with Gasteiger partial charge in [-0.05, 0) is 0 Å². The van der Waals surface area contributed by atoms with E-state index in [2.05, 4.69) is 0 Å². The van der Waals surface area contributed by atoms with Gasteiger partial charge < -0.3 is 6.15 Å². The zero-order valence-corrected chi connectivity index (χ0v) is 4.37. The minimum absolute atomic E-state index is 0. The summed E-state index contributed by atoms with van der Waals surface area (Å²) in [6, 6.07) is 0. The summed E-state index contributed by atoms with van der Waals surface area (Å²) in [5.74, 6) is 0. The summed E-state index contributed by atoms with van der Waals surface area (Å²) in [6.45, 7) is 0. The standard InChI is InChI=1S/AsH3O3.H3N/c2-1(3)4;/h2-4H;1H3. The number of rotatable bonds is 0. The molecule has 0 aliphatic carbocycles. The van der Waals surface area contributed by atoms with Gasteiger partial charge in [-0.25, -0.2) is 0 Å². The van der Waals surface area contributed by atoms with Crippen LogP contribution in [0.5, 0.6) is 0 Å². The Labute approximate surface area is 35.0 Å². The fourth-order valence-corrected chi connectivity index (χ4v) is 0. The van der Waals surface area contributed by atoms with Crippen molar-refractivity contribution in [2.24, 2.45) is 0 Å². The van der Waals surface area contributed by atoms with Crippen molar-refractivity contribution in [3.63, 3.8) is 0 Å². The average Bonchev–Trinajstić information content (AvgIpc) is 0.811. The summed E-state index contributed by atoms with van der Waals surface area (Å²) in [5.41, 5.74) is 0. The van der Waals surface area contributed by atoms with E-state index in [-0.39, 0.29) is 6.15 Å². The molecule has 4 nitrogen and oxygen atoms in total. The van der Waals surface area contributed by atoms with Crippen molar-refractivity contribution in [1.82, 2.24) is 6.15 Å². The van der Waals surface area contributed by atoms with Gasteiger partial charge in [0.25, 0.3) is 0 Å². The molecule has 0 amide bonds. The summed E-state index contributed by atoms with van der Waals surface area (Å²) in [4.78, 5) is 0. The maximum absolute atomic E-state index is 7.31. The molecule has 0 saturated heterocycles. The molecule has 0 atom stereocenters. The van der Waals surface area contributed by atoms with Crippen LogP contribution in [0.15, 0.2) is 0 Å². The minimum atomic E-state index is -3.19. The van der Waals surface area contributed by atoms with Crippen LogP contribution in [-0.4, -0.2) is 28.0 Å². The Kier molecular flexibility index (Phi) is 7.95. The predicted molar refractivity (Wildman–Crippen MR) is 17.4 cm³/mol. The Hall–Kier alpha value is 0.398. The van der Waals surface area contributed by atoms with Crippen LogP contribution in [0.25, 0.3) is 0 Å². The zero-order chi connectivity index (χ0) is 3.58. The van der Waals surface area contributed by atoms with Crippen molar-refractivity contribution in [2.75, 3.05) is 0 Å². The van der Waals surface area contributed by atoms with Gasteiger partial charge in [-0.3, -0.25) is 0 Å². The van der Waals surface area contributed by atoms with Crippen LogP contribution >= 0.6 is 0 Å². The first-order valence-corrected chi connectivity index (χ1v) is 3.12. The summed E-state index contributed by atoms with van der Waals surface area (Å²) >= 11 is -3.19. The molecule has 0 bridgehead atoms. The first-order chi connectivity index (χ1) is 1.73. The van der Waals surface area contributed by atoms with E-state index in [1.165, 1.54) is 0 Å². The molecular weight excluding hydrogens is 137 g/mol. The molecular formula is H6AsNO3. The van der Waals surface area contributed by atoms with Crippen LogP contribution in [0.1, 0.15) is 0 Å². The Morgan fingerprint density at radius 3 is 1.00 bits per heavy atom. The van der Waals surface area contributed by atoms with Gasteiger partial charge >= 0.3 is 28.0 Å². The molecule has 0 aromatic carbocycles.